The van der Waals surface area contributed by atoms with Crippen LogP contribution in [0.3, 0.4) is 0 Å². The summed E-state index contributed by atoms with van der Waals surface area (Å²) in [4.78, 5) is 14.4. The van der Waals surface area contributed by atoms with Crippen molar-refractivity contribution in [1.82, 2.24) is 25.3 Å². The quantitative estimate of drug-likeness (QED) is 0.778. The number of fused-ring (bicyclic) bond motifs is 1. The Kier molecular flexibility index (Phi) is 4.02. The second-order valence-corrected chi connectivity index (χ2v) is 6.56. The summed E-state index contributed by atoms with van der Waals surface area (Å²) in [5, 5.41) is 14.9. The number of hydrogen-bond acceptors (Lipinski definition) is 3. The molecule has 3 heterocycles. The molecule has 1 atom stereocenters. The lowest BCUT2D eigenvalue weighted by Gasteiger charge is -2.19. The monoisotopic (exact) mass is 323 g/mol. The molecule has 0 radical (unpaired) electrons. The minimum atomic E-state index is 0.0629. The van der Waals surface area contributed by atoms with Crippen LogP contribution in [-0.2, 0) is 6.42 Å². The van der Waals surface area contributed by atoms with Gasteiger partial charge in [-0.25, -0.2) is 0 Å². The Morgan fingerprint density at radius 2 is 2.12 bits per heavy atom. The summed E-state index contributed by atoms with van der Waals surface area (Å²) in [6.45, 7) is 1.64. The summed E-state index contributed by atoms with van der Waals surface area (Å²) in [6.07, 6.45) is 7.82. The third-order valence-corrected chi connectivity index (χ3v) is 4.90. The first-order valence-corrected chi connectivity index (χ1v) is 8.50. The zero-order valence-electron chi connectivity index (χ0n) is 13.5. The van der Waals surface area contributed by atoms with Gasteiger partial charge in [0.1, 0.15) is 5.69 Å². The van der Waals surface area contributed by atoms with E-state index in [1.165, 1.54) is 5.56 Å². The van der Waals surface area contributed by atoms with Gasteiger partial charge in [0.05, 0.1) is 11.7 Å². The highest BCUT2D eigenvalue weighted by Crippen LogP contribution is 2.24. The van der Waals surface area contributed by atoms with Crippen LogP contribution in [0.15, 0.2) is 36.7 Å². The minimum Gasteiger partial charge on any atom is -0.337 e. The van der Waals surface area contributed by atoms with Crippen LogP contribution in [0.25, 0.3) is 10.9 Å². The van der Waals surface area contributed by atoms with Crippen molar-refractivity contribution in [3.8, 4) is 0 Å². The molecular formula is C18H21N5O. The summed E-state index contributed by atoms with van der Waals surface area (Å²) in [7, 11) is 0. The molecule has 1 aliphatic heterocycles. The zero-order chi connectivity index (χ0) is 16.4. The second-order valence-electron chi connectivity index (χ2n) is 6.56. The number of rotatable bonds is 3. The van der Waals surface area contributed by atoms with Gasteiger partial charge in [0.25, 0.3) is 5.91 Å². The first-order valence-electron chi connectivity index (χ1n) is 8.50. The summed E-state index contributed by atoms with van der Waals surface area (Å²) < 4.78 is 0. The molecule has 24 heavy (non-hydrogen) atoms. The summed E-state index contributed by atoms with van der Waals surface area (Å²) >= 11 is 0. The van der Waals surface area contributed by atoms with Gasteiger partial charge in [-0.15, -0.1) is 0 Å². The van der Waals surface area contributed by atoms with Gasteiger partial charge in [-0.1, -0.05) is 6.07 Å². The number of nitrogens with zero attached hydrogens (tertiary/aromatic N) is 3. The highest BCUT2D eigenvalue weighted by Gasteiger charge is 2.22. The van der Waals surface area contributed by atoms with Crippen LogP contribution < -0.4 is 0 Å². The second kappa shape index (κ2) is 6.47. The molecule has 6 nitrogen and oxygen atoms in total. The number of likely N-dealkylation sites (tertiary alicyclic amines) is 1. The van der Waals surface area contributed by atoms with Gasteiger partial charge in [0.15, 0.2) is 0 Å². The number of nitrogens with one attached hydrogen (secondary N) is 2. The third-order valence-electron chi connectivity index (χ3n) is 4.90. The predicted molar refractivity (Wildman–Crippen MR) is 91.6 cm³/mol. The lowest BCUT2D eigenvalue weighted by molar-refractivity contribution is 0.0754. The molecule has 4 rings (SSSR count). The molecule has 0 saturated carbocycles. The lowest BCUT2D eigenvalue weighted by Crippen LogP contribution is -2.32. The van der Waals surface area contributed by atoms with Crippen molar-refractivity contribution >= 4 is 16.8 Å². The molecule has 1 aromatic carbocycles. The summed E-state index contributed by atoms with van der Waals surface area (Å²) in [5.41, 5.74) is 3.01. The number of benzene rings is 1. The Bertz CT molecular complexity index is 823. The van der Waals surface area contributed by atoms with Crippen molar-refractivity contribution in [3.63, 3.8) is 0 Å². The molecule has 1 amide bonds. The highest BCUT2D eigenvalue weighted by molar-refractivity contribution is 5.92. The molecule has 1 fully saturated rings. The molecule has 3 aromatic rings. The molecule has 1 aliphatic rings. The molecular weight excluding hydrogens is 302 g/mol. The molecule has 0 aliphatic carbocycles. The minimum absolute atomic E-state index is 0.0629. The highest BCUT2D eigenvalue weighted by atomic mass is 16.2. The van der Waals surface area contributed by atoms with E-state index in [0.29, 0.717) is 11.6 Å². The third kappa shape index (κ3) is 3.04. The fourth-order valence-electron chi connectivity index (χ4n) is 3.57. The molecule has 6 heteroatoms. The van der Waals surface area contributed by atoms with Crippen LogP contribution in [-0.4, -0.2) is 44.3 Å². The maximum absolute atomic E-state index is 12.4. The molecule has 0 spiro atoms. The standard InChI is InChI=1S/C18H21N5O/c24-18(17-5-7-19-22-17)23-8-1-2-13(6-9-23)10-14-3-4-16-15(11-14)12-20-21-16/h3-5,7,11-13H,1-2,6,8-10H2,(H,19,22)(H,20,21). The van der Waals surface area contributed by atoms with E-state index in [2.05, 4.69) is 38.6 Å². The van der Waals surface area contributed by atoms with E-state index in [-0.39, 0.29) is 5.91 Å². The van der Waals surface area contributed by atoms with Crippen LogP contribution >= 0.6 is 0 Å². The first kappa shape index (κ1) is 14.9. The lowest BCUT2D eigenvalue weighted by atomic mass is 9.92. The molecule has 2 N–H and O–H groups in total. The van der Waals surface area contributed by atoms with Crippen LogP contribution in [0.1, 0.15) is 35.3 Å². The molecule has 1 saturated heterocycles. The van der Waals surface area contributed by atoms with Gasteiger partial charge in [-0.05, 0) is 55.4 Å². The first-order chi connectivity index (χ1) is 11.8. The smallest absolute Gasteiger partial charge is 0.271 e. The predicted octanol–water partition coefficient (Wildman–Crippen LogP) is 2.77. The molecule has 2 aromatic heterocycles. The van der Waals surface area contributed by atoms with E-state index in [4.69, 9.17) is 0 Å². The SMILES string of the molecule is O=C(c1ccn[nH]1)N1CCCC(Cc2ccc3[nH]ncc3c2)CC1. The number of amides is 1. The van der Waals surface area contributed by atoms with Crippen LogP contribution in [0, 0.1) is 5.92 Å². The van der Waals surface area contributed by atoms with E-state index in [1.807, 2.05) is 11.1 Å². The number of carbonyl (C=O) groups is 1. The Balaban J connectivity index is 1.40. The average Bonchev–Trinajstić information content (AvgIpc) is 3.23. The Morgan fingerprint density at radius 3 is 3.00 bits per heavy atom. The summed E-state index contributed by atoms with van der Waals surface area (Å²) in [5.74, 6) is 0.682. The average molecular weight is 323 g/mol. The number of aromatic amines is 2. The van der Waals surface area contributed by atoms with Crippen LogP contribution in [0.4, 0.5) is 0 Å². The van der Waals surface area contributed by atoms with E-state index >= 15 is 0 Å². The molecule has 1 unspecified atom stereocenters. The van der Waals surface area contributed by atoms with Crippen molar-refractivity contribution < 1.29 is 4.79 Å². The number of aromatic nitrogens is 4. The van der Waals surface area contributed by atoms with Gasteiger partial charge in [0, 0.05) is 24.7 Å². The van der Waals surface area contributed by atoms with Crippen molar-refractivity contribution in [3.05, 3.63) is 47.9 Å². The van der Waals surface area contributed by atoms with Crippen molar-refractivity contribution in [1.29, 1.82) is 0 Å². The van der Waals surface area contributed by atoms with Gasteiger partial charge in [0.2, 0.25) is 0 Å². The van der Waals surface area contributed by atoms with Gasteiger partial charge in [-0.3, -0.25) is 15.0 Å². The van der Waals surface area contributed by atoms with E-state index in [9.17, 15) is 4.79 Å². The van der Waals surface area contributed by atoms with Gasteiger partial charge in [-0.2, -0.15) is 10.2 Å². The van der Waals surface area contributed by atoms with E-state index in [1.54, 1.807) is 12.3 Å². The molecule has 0 bridgehead atoms. The molecule has 124 valence electrons. The number of H-pyrrole nitrogens is 2. The maximum atomic E-state index is 12.4. The normalized spacial score (nSPS) is 18.7. The maximum Gasteiger partial charge on any atom is 0.271 e. The topological polar surface area (TPSA) is 77.7 Å². The van der Waals surface area contributed by atoms with Crippen molar-refractivity contribution in [2.45, 2.75) is 25.7 Å². The Labute approximate surface area is 140 Å². The largest absolute Gasteiger partial charge is 0.337 e. The number of hydrogen-bond donors (Lipinski definition) is 2. The van der Waals surface area contributed by atoms with Crippen LogP contribution in [0.5, 0.6) is 0 Å². The van der Waals surface area contributed by atoms with Crippen molar-refractivity contribution in [2.24, 2.45) is 5.92 Å². The van der Waals surface area contributed by atoms with E-state index in [0.717, 1.165) is 49.7 Å². The fraction of sp³-hybridized carbons (Fsp3) is 0.389. The zero-order valence-corrected chi connectivity index (χ0v) is 13.5. The van der Waals surface area contributed by atoms with Gasteiger partial charge >= 0.3 is 0 Å². The van der Waals surface area contributed by atoms with E-state index < -0.39 is 0 Å². The Morgan fingerprint density at radius 1 is 1.17 bits per heavy atom. The van der Waals surface area contributed by atoms with Gasteiger partial charge < -0.3 is 4.90 Å². The van der Waals surface area contributed by atoms with Crippen molar-refractivity contribution in [2.75, 3.05) is 13.1 Å². The summed E-state index contributed by atoms with van der Waals surface area (Å²) in [6, 6.07) is 8.24. The van der Waals surface area contributed by atoms with Crippen LogP contribution in [0.2, 0.25) is 0 Å². The Hall–Kier alpha value is -2.63. The fourth-order valence-corrected chi connectivity index (χ4v) is 3.57. The number of carbonyl (C=O) groups excluding carboxylic acids is 1.